The van der Waals surface area contributed by atoms with Gasteiger partial charge in [-0.05, 0) is 49.1 Å². The molecule has 0 aliphatic heterocycles. The van der Waals surface area contributed by atoms with E-state index in [2.05, 4.69) is 23.8 Å². The number of nitrogens with two attached hydrogens (primary N) is 1. The van der Waals surface area contributed by atoms with Crippen LogP contribution in [0.4, 0.5) is 0 Å². The monoisotopic (exact) mass is 218 g/mol. The molecule has 0 saturated heterocycles. The van der Waals surface area contributed by atoms with Crippen molar-refractivity contribution >= 4 is 0 Å². The zero-order chi connectivity index (χ0) is 11.2. The first-order chi connectivity index (χ1) is 7.68. The predicted molar refractivity (Wildman–Crippen MR) is 66.3 cm³/mol. The Morgan fingerprint density at radius 3 is 2.94 bits per heavy atom. The van der Waals surface area contributed by atoms with Crippen molar-refractivity contribution < 1.29 is 0 Å². The van der Waals surface area contributed by atoms with Crippen molar-refractivity contribution in [3.8, 4) is 0 Å². The predicted octanol–water partition coefficient (Wildman–Crippen LogP) is 3.01. The van der Waals surface area contributed by atoms with E-state index in [1.165, 1.54) is 49.9 Å². The van der Waals surface area contributed by atoms with Crippen molar-refractivity contribution in [1.82, 2.24) is 4.57 Å². The third-order valence-corrected chi connectivity index (χ3v) is 4.55. The van der Waals surface area contributed by atoms with Gasteiger partial charge in [-0.1, -0.05) is 13.3 Å². The lowest BCUT2D eigenvalue weighted by atomic mass is 9.70. The van der Waals surface area contributed by atoms with Gasteiger partial charge in [0, 0.05) is 24.5 Å². The van der Waals surface area contributed by atoms with E-state index in [9.17, 15) is 0 Å². The van der Waals surface area contributed by atoms with Crippen LogP contribution in [0.1, 0.15) is 56.3 Å². The largest absolute Gasteiger partial charge is 0.351 e. The van der Waals surface area contributed by atoms with Gasteiger partial charge in [-0.2, -0.15) is 0 Å². The highest BCUT2D eigenvalue weighted by Crippen LogP contribution is 2.42. The molecule has 3 rings (SSSR count). The average Bonchev–Trinajstić information content (AvgIpc) is 2.61. The van der Waals surface area contributed by atoms with Crippen LogP contribution in [0.2, 0.25) is 0 Å². The van der Waals surface area contributed by atoms with Crippen molar-refractivity contribution in [2.24, 2.45) is 11.1 Å². The van der Waals surface area contributed by atoms with E-state index in [1.54, 1.807) is 0 Å². The summed E-state index contributed by atoms with van der Waals surface area (Å²) in [4.78, 5) is 0. The third-order valence-electron chi connectivity index (χ3n) is 4.55. The summed E-state index contributed by atoms with van der Waals surface area (Å²) in [7, 11) is 0. The van der Waals surface area contributed by atoms with Gasteiger partial charge in [-0.15, -0.1) is 0 Å². The zero-order valence-electron chi connectivity index (χ0n) is 10.2. The molecule has 2 aliphatic rings. The topological polar surface area (TPSA) is 30.9 Å². The van der Waals surface area contributed by atoms with Crippen molar-refractivity contribution in [2.75, 3.05) is 0 Å². The first-order valence-corrected chi connectivity index (χ1v) is 6.61. The lowest BCUT2D eigenvalue weighted by molar-refractivity contribution is 0.130. The summed E-state index contributed by atoms with van der Waals surface area (Å²) in [6.45, 7) is 3.63. The minimum Gasteiger partial charge on any atom is -0.351 e. The van der Waals surface area contributed by atoms with Crippen LogP contribution in [-0.4, -0.2) is 4.57 Å². The third kappa shape index (κ3) is 1.60. The molecule has 2 N–H and O–H groups in total. The molecule has 0 bridgehead atoms. The van der Waals surface area contributed by atoms with Crippen LogP contribution in [0, 0.1) is 5.41 Å². The summed E-state index contributed by atoms with van der Waals surface area (Å²) in [5.74, 6) is 0. The standard InChI is InChI=1S/C14H22N2/c1-14(7-3-8-14)10-16-9-6-11-12(15)4-2-5-13(11)16/h6,9,12H,2-5,7-8,10,15H2,1H3. The lowest BCUT2D eigenvalue weighted by Crippen LogP contribution is -2.31. The minimum absolute atomic E-state index is 0.291. The maximum atomic E-state index is 6.16. The van der Waals surface area contributed by atoms with Gasteiger partial charge in [-0.25, -0.2) is 0 Å². The summed E-state index contributed by atoms with van der Waals surface area (Å²) in [5, 5.41) is 0. The number of hydrogen-bond acceptors (Lipinski definition) is 1. The Labute approximate surface area is 97.8 Å². The molecule has 0 radical (unpaired) electrons. The zero-order valence-corrected chi connectivity index (χ0v) is 10.2. The van der Waals surface area contributed by atoms with Crippen LogP contribution in [0.15, 0.2) is 12.3 Å². The molecule has 1 unspecified atom stereocenters. The molecule has 88 valence electrons. The molecule has 2 nitrogen and oxygen atoms in total. The van der Waals surface area contributed by atoms with Gasteiger partial charge in [-0.3, -0.25) is 0 Å². The molecule has 0 amide bonds. The smallest absolute Gasteiger partial charge is 0.0312 e. The molecule has 1 fully saturated rings. The normalized spacial score (nSPS) is 27.2. The van der Waals surface area contributed by atoms with E-state index in [0.717, 1.165) is 6.42 Å². The molecule has 1 saturated carbocycles. The Hall–Kier alpha value is -0.760. The number of nitrogens with zero attached hydrogens (tertiary/aromatic N) is 1. The van der Waals surface area contributed by atoms with E-state index in [1.807, 2.05) is 0 Å². The van der Waals surface area contributed by atoms with Crippen LogP contribution < -0.4 is 5.73 Å². The molecular formula is C14H22N2. The van der Waals surface area contributed by atoms with Crippen LogP contribution in [-0.2, 0) is 13.0 Å². The maximum Gasteiger partial charge on any atom is 0.0312 e. The molecule has 1 atom stereocenters. The highest BCUT2D eigenvalue weighted by atomic mass is 15.0. The minimum atomic E-state index is 0.291. The van der Waals surface area contributed by atoms with E-state index in [0.29, 0.717) is 11.5 Å². The maximum absolute atomic E-state index is 6.16. The second-order valence-corrected chi connectivity index (χ2v) is 6.01. The van der Waals surface area contributed by atoms with Crippen molar-refractivity contribution in [2.45, 2.75) is 58.0 Å². The Morgan fingerprint density at radius 1 is 1.44 bits per heavy atom. The number of aromatic nitrogens is 1. The van der Waals surface area contributed by atoms with Crippen LogP contribution >= 0.6 is 0 Å². The fraction of sp³-hybridized carbons (Fsp3) is 0.714. The molecule has 16 heavy (non-hydrogen) atoms. The number of fused-ring (bicyclic) bond motifs is 1. The molecule has 0 aromatic carbocycles. The van der Waals surface area contributed by atoms with Gasteiger partial charge < -0.3 is 10.3 Å². The van der Waals surface area contributed by atoms with Gasteiger partial charge in [0.2, 0.25) is 0 Å². The van der Waals surface area contributed by atoms with Crippen molar-refractivity contribution in [1.29, 1.82) is 0 Å². The summed E-state index contributed by atoms with van der Waals surface area (Å²) in [6.07, 6.45) is 10.1. The molecular weight excluding hydrogens is 196 g/mol. The summed E-state index contributed by atoms with van der Waals surface area (Å²) < 4.78 is 2.48. The van der Waals surface area contributed by atoms with E-state index in [-0.39, 0.29) is 0 Å². The van der Waals surface area contributed by atoms with Crippen LogP contribution in [0.25, 0.3) is 0 Å². The second-order valence-electron chi connectivity index (χ2n) is 6.01. The van der Waals surface area contributed by atoms with E-state index in [4.69, 9.17) is 5.73 Å². The van der Waals surface area contributed by atoms with Crippen molar-refractivity contribution in [3.05, 3.63) is 23.5 Å². The molecule has 2 aliphatic carbocycles. The highest BCUT2D eigenvalue weighted by molar-refractivity contribution is 5.28. The van der Waals surface area contributed by atoms with Crippen molar-refractivity contribution in [3.63, 3.8) is 0 Å². The van der Waals surface area contributed by atoms with Gasteiger partial charge in [0.1, 0.15) is 0 Å². The lowest BCUT2D eigenvalue weighted by Gasteiger charge is -2.39. The summed E-state index contributed by atoms with van der Waals surface area (Å²) in [5.41, 5.74) is 9.65. The fourth-order valence-electron chi connectivity index (χ4n) is 3.29. The average molecular weight is 218 g/mol. The number of rotatable bonds is 2. The molecule has 1 aromatic rings. The Kier molecular flexibility index (Phi) is 2.36. The van der Waals surface area contributed by atoms with Crippen LogP contribution in [0.5, 0.6) is 0 Å². The molecule has 0 spiro atoms. The first-order valence-electron chi connectivity index (χ1n) is 6.61. The summed E-state index contributed by atoms with van der Waals surface area (Å²) in [6, 6.07) is 2.54. The Balaban J connectivity index is 1.85. The van der Waals surface area contributed by atoms with Crippen LogP contribution in [0.3, 0.4) is 0 Å². The first kappa shape index (κ1) is 10.4. The second kappa shape index (κ2) is 3.63. The van der Waals surface area contributed by atoms with E-state index >= 15 is 0 Å². The fourth-order valence-corrected chi connectivity index (χ4v) is 3.29. The molecule has 1 aromatic heterocycles. The van der Waals surface area contributed by atoms with Gasteiger partial charge >= 0.3 is 0 Å². The van der Waals surface area contributed by atoms with Gasteiger partial charge in [0.05, 0.1) is 0 Å². The Bertz CT molecular complexity index is 387. The Morgan fingerprint density at radius 2 is 2.25 bits per heavy atom. The highest BCUT2D eigenvalue weighted by Gasteiger charge is 2.33. The van der Waals surface area contributed by atoms with E-state index < -0.39 is 0 Å². The quantitative estimate of drug-likeness (QED) is 0.812. The SMILES string of the molecule is CC1(Cn2ccc3c2CCCC3N)CCC1. The molecule has 1 heterocycles. The molecule has 2 heteroatoms. The van der Waals surface area contributed by atoms with Gasteiger partial charge in [0.15, 0.2) is 0 Å². The number of hydrogen-bond donors (Lipinski definition) is 1. The van der Waals surface area contributed by atoms with Gasteiger partial charge in [0.25, 0.3) is 0 Å². The summed E-state index contributed by atoms with van der Waals surface area (Å²) >= 11 is 0.